The van der Waals surface area contributed by atoms with E-state index in [-0.39, 0.29) is 0 Å². The van der Waals surface area contributed by atoms with Crippen LogP contribution >= 0.6 is 0 Å². The number of benzene rings is 1. The van der Waals surface area contributed by atoms with Gasteiger partial charge in [0.1, 0.15) is 0 Å². The molecule has 0 aliphatic rings. The van der Waals surface area contributed by atoms with Gasteiger partial charge in [0.15, 0.2) is 0 Å². The first-order chi connectivity index (χ1) is 9.10. The second kappa shape index (κ2) is 5.40. The summed E-state index contributed by atoms with van der Waals surface area (Å²) in [6, 6.07) is 13.4. The molecule has 1 aromatic carbocycles. The van der Waals surface area contributed by atoms with Gasteiger partial charge < -0.3 is 10.6 Å². The van der Waals surface area contributed by atoms with E-state index in [1.54, 1.807) is 12.1 Å². The lowest BCUT2D eigenvalue weighted by atomic mass is 10.1. The van der Waals surface area contributed by atoms with Gasteiger partial charge in [0, 0.05) is 12.7 Å². The van der Waals surface area contributed by atoms with Crippen LogP contribution in [0, 0.1) is 18.3 Å². The number of nitrogen functional groups attached to an aromatic ring is 1. The van der Waals surface area contributed by atoms with Crippen LogP contribution in [-0.4, -0.2) is 12.0 Å². The van der Waals surface area contributed by atoms with Gasteiger partial charge in [-0.1, -0.05) is 6.07 Å². The summed E-state index contributed by atoms with van der Waals surface area (Å²) < 4.78 is 0. The van der Waals surface area contributed by atoms with Gasteiger partial charge in [-0.2, -0.15) is 5.26 Å². The lowest BCUT2D eigenvalue weighted by Gasteiger charge is -2.21. The van der Waals surface area contributed by atoms with E-state index < -0.39 is 0 Å². The van der Waals surface area contributed by atoms with Crippen molar-refractivity contribution in [3.05, 3.63) is 53.3 Å². The highest BCUT2D eigenvalue weighted by Crippen LogP contribution is 2.24. The molecule has 0 aliphatic carbocycles. The van der Waals surface area contributed by atoms with Crippen LogP contribution in [0.1, 0.15) is 17.0 Å². The minimum absolute atomic E-state index is 0.573. The Hall–Kier alpha value is -2.54. The minimum Gasteiger partial charge on any atom is -0.397 e. The summed E-state index contributed by atoms with van der Waals surface area (Å²) in [4.78, 5) is 6.49. The predicted octanol–water partition coefficient (Wildman–Crippen LogP) is 2.48. The Morgan fingerprint density at radius 2 is 2.11 bits per heavy atom. The molecule has 0 fully saturated rings. The van der Waals surface area contributed by atoms with Crippen molar-refractivity contribution in [2.24, 2.45) is 0 Å². The first kappa shape index (κ1) is 12.9. The third-order valence-corrected chi connectivity index (χ3v) is 2.91. The van der Waals surface area contributed by atoms with Crippen molar-refractivity contribution in [1.29, 1.82) is 5.26 Å². The summed E-state index contributed by atoms with van der Waals surface area (Å²) in [5.74, 6) is 0. The van der Waals surface area contributed by atoms with Gasteiger partial charge in [-0.3, -0.25) is 4.98 Å². The quantitative estimate of drug-likeness (QED) is 0.852. The Kier molecular flexibility index (Phi) is 3.67. The van der Waals surface area contributed by atoms with E-state index in [0.717, 1.165) is 17.1 Å². The second-order valence-electron chi connectivity index (χ2n) is 4.51. The number of hydrogen-bond donors (Lipinski definition) is 1. The number of aryl methyl sites for hydroxylation is 1. The monoisotopic (exact) mass is 252 g/mol. The van der Waals surface area contributed by atoms with Crippen LogP contribution in [0.25, 0.3) is 0 Å². The fraction of sp³-hybridized carbons (Fsp3) is 0.200. The molecule has 4 heteroatoms. The Balaban J connectivity index is 2.21. The molecule has 0 bridgehead atoms. The summed E-state index contributed by atoms with van der Waals surface area (Å²) in [7, 11) is 1.96. The molecule has 0 atom stereocenters. The lowest BCUT2D eigenvalue weighted by Crippen LogP contribution is -2.18. The van der Waals surface area contributed by atoms with Crippen molar-refractivity contribution in [2.45, 2.75) is 13.5 Å². The lowest BCUT2D eigenvalue weighted by molar-refractivity contribution is 0.878. The molecule has 0 aliphatic heterocycles. The molecule has 1 aromatic heterocycles. The van der Waals surface area contributed by atoms with E-state index in [2.05, 4.69) is 11.1 Å². The number of nitrogens with zero attached hydrogens (tertiary/aromatic N) is 3. The molecule has 1 heterocycles. The van der Waals surface area contributed by atoms with Gasteiger partial charge >= 0.3 is 0 Å². The third kappa shape index (κ3) is 3.02. The van der Waals surface area contributed by atoms with Crippen LogP contribution in [0.3, 0.4) is 0 Å². The van der Waals surface area contributed by atoms with E-state index in [4.69, 9.17) is 11.0 Å². The van der Waals surface area contributed by atoms with E-state index in [9.17, 15) is 0 Å². The zero-order chi connectivity index (χ0) is 13.8. The van der Waals surface area contributed by atoms with Crippen molar-refractivity contribution in [2.75, 3.05) is 17.7 Å². The highest BCUT2D eigenvalue weighted by molar-refractivity contribution is 5.69. The van der Waals surface area contributed by atoms with E-state index in [1.165, 1.54) is 0 Å². The molecule has 2 N–H and O–H groups in total. The number of aromatic nitrogens is 1. The molecule has 19 heavy (non-hydrogen) atoms. The topological polar surface area (TPSA) is 65.9 Å². The molecule has 2 rings (SSSR count). The van der Waals surface area contributed by atoms with Crippen LogP contribution in [0.5, 0.6) is 0 Å². The second-order valence-corrected chi connectivity index (χ2v) is 4.51. The Bertz CT molecular complexity index is 628. The summed E-state index contributed by atoms with van der Waals surface area (Å²) >= 11 is 0. The van der Waals surface area contributed by atoms with Crippen molar-refractivity contribution in [3.8, 4) is 6.07 Å². The Morgan fingerprint density at radius 1 is 1.32 bits per heavy atom. The normalized spacial score (nSPS) is 9.95. The molecule has 0 saturated carbocycles. The summed E-state index contributed by atoms with van der Waals surface area (Å²) in [6.45, 7) is 2.65. The molecular formula is C15H16N4. The molecule has 0 amide bonds. The number of anilines is 2. The first-order valence-electron chi connectivity index (χ1n) is 6.03. The number of hydrogen-bond acceptors (Lipinski definition) is 4. The molecule has 2 aromatic rings. The zero-order valence-corrected chi connectivity index (χ0v) is 11.1. The average Bonchev–Trinajstić information content (AvgIpc) is 2.38. The predicted molar refractivity (Wildman–Crippen MR) is 76.7 cm³/mol. The third-order valence-electron chi connectivity index (χ3n) is 2.91. The minimum atomic E-state index is 0.573. The summed E-state index contributed by atoms with van der Waals surface area (Å²) in [6.07, 6.45) is 0. The van der Waals surface area contributed by atoms with Crippen LogP contribution < -0.4 is 10.6 Å². The number of rotatable bonds is 3. The van der Waals surface area contributed by atoms with Gasteiger partial charge in [0.2, 0.25) is 0 Å². The van der Waals surface area contributed by atoms with Gasteiger partial charge in [-0.25, -0.2) is 0 Å². The van der Waals surface area contributed by atoms with Crippen molar-refractivity contribution < 1.29 is 0 Å². The SMILES string of the molecule is Cc1cccc(CN(C)c2ccc(C#N)cc2N)n1. The van der Waals surface area contributed by atoms with Crippen LogP contribution in [0.2, 0.25) is 0 Å². The molecule has 96 valence electrons. The molecule has 0 saturated heterocycles. The maximum absolute atomic E-state index is 8.83. The molecule has 0 spiro atoms. The van der Waals surface area contributed by atoms with E-state index in [1.807, 2.05) is 43.1 Å². The summed E-state index contributed by atoms with van der Waals surface area (Å²) in [5.41, 5.74) is 10.0. The number of pyridine rings is 1. The number of nitriles is 1. The highest BCUT2D eigenvalue weighted by atomic mass is 15.1. The van der Waals surface area contributed by atoms with Crippen LogP contribution in [0.15, 0.2) is 36.4 Å². The van der Waals surface area contributed by atoms with Crippen LogP contribution in [0.4, 0.5) is 11.4 Å². The van der Waals surface area contributed by atoms with Crippen molar-refractivity contribution in [3.63, 3.8) is 0 Å². The molecular weight excluding hydrogens is 236 g/mol. The smallest absolute Gasteiger partial charge is 0.0992 e. The fourth-order valence-electron chi connectivity index (χ4n) is 1.99. The molecule has 0 radical (unpaired) electrons. The molecule has 4 nitrogen and oxygen atoms in total. The largest absolute Gasteiger partial charge is 0.397 e. The summed E-state index contributed by atoms with van der Waals surface area (Å²) in [5, 5.41) is 8.83. The van der Waals surface area contributed by atoms with Crippen molar-refractivity contribution in [1.82, 2.24) is 4.98 Å². The van der Waals surface area contributed by atoms with Gasteiger partial charge in [-0.15, -0.1) is 0 Å². The Labute approximate surface area is 113 Å². The van der Waals surface area contributed by atoms with Gasteiger partial charge in [0.05, 0.1) is 35.2 Å². The number of nitrogens with two attached hydrogens (primary N) is 1. The fourth-order valence-corrected chi connectivity index (χ4v) is 1.99. The van der Waals surface area contributed by atoms with Crippen LogP contribution in [-0.2, 0) is 6.54 Å². The van der Waals surface area contributed by atoms with E-state index >= 15 is 0 Å². The molecule has 0 unspecified atom stereocenters. The Morgan fingerprint density at radius 3 is 2.74 bits per heavy atom. The maximum Gasteiger partial charge on any atom is 0.0992 e. The average molecular weight is 252 g/mol. The zero-order valence-electron chi connectivity index (χ0n) is 11.1. The maximum atomic E-state index is 8.83. The van der Waals surface area contributed by atoms with Gasteiger partial charge in [0.25, 0.3) is 0 Å². The first-order valence-corrected chi connectivity index (χ1v) is 6.03. The van der Waals surface area contributed by atoms with Crippen molar-refractivity contribution >= 4 is 11.4 Å². The van der Waals surface area contributed by atoms with Gasteiger partial charge in [-0.05, 0) is 37.3 Å². The standard InChI is InChI=1S/C15H16N4/c1-11-4-3-5-13(18-11)10-19(2)15-7-6-12(9-16)8-14(15)17/h3-8H,10,17H2,1-2H3. The van der Waals surface area contributed by atoms with E-state index in [0.29, 0.717) is 17.8 Å². The highest BCUT2D eigenvalue weighted by Gasteiger charge is 2.07.